The van der Waals surface area contributed by atoms with Crippen molar-refractivity contribution >= 4 is 59.0 Å². The minimum absolute atomic E-state index is 0.151. The van der Waals surface area contributed by atoms with Gasteiger partial charge in [-0.15, -0.1) is 11.8 Å². The van der Waals surface area contributed by atoms with Crippen LogP contribution in [0, 0.1) is 3.70 Å². The fourth-order valence-corrected chi connectivity index (χ4v) is 10.5. The zero-order valence-electron chi connectivity index (χ0n) is 21.6. The fraction of sp³-hybridized carbons (Fsp3) is 0.333. The smallest absolute Gasteiger partial charge is 0.269 e. The monoisotopic (exact) mass is 636 g/mol. The van der Waals surface area contributed by atoms with E-state index in [1.807, 2.05) is 59.0 Å². The number of thioether (sulfide) groups is 1. The lowest BCUT2D eigenvalue weighted by molar-refractivity contribution is 0.0933. The van der Waals surface area contributed by atoms with E-state index in [1.54, 1.807) is 17.9 Å². The van der Waals surface area contributed by atoms with Crippen LogP contribution in [-0.4, -0.2) is 45.3 Å². The Morgan fingerprint density at radius 2 is 1.58 bits per heavy atom. The number of pyridine rings is 1. The lowest BCUT2D eigenvalue weighted by Crippen LogP contribution is -2.67. The molecule has 3 aromatic rings. The molecule has 0 aliphatic rings. The van der Waals surface area contributed by atoms with Gasteiger partial charge in [0.2, 0.25) is 5.43 Å². The Labute approximate surface area is 232 Å². The van der Waals surface area contributed by atoms with Crippen molar-refractivity contribution < 1.29 is 14.0 Å². The Morgan fingerprint density at radius 3 is 2.03 bits per heavy atom. The molecule has 0 bridgehead atoms. The molecule has 6 nitrogen and oxygen atoms in total. The molecular weight excluding hydrogens is 603 g/mol. The van der Waals surface area contributed by atoms with Crippen molar-refractivity contribution in [1.82, 2.24) is 9.88 Å². The third kappa shape index (κ3) is 5.44. The van der Waals surface area contributed by atoms with Gasteiger partial charge >= 0.3 is 0 Å². The van der Waals surface area contributed by atoms with Crippen molar-refractivity contribution in [2.75, 3.05) is 26.5 Å². The van der Waals surface area contributed by atoms with Gasteiger partial charge in [-0.25, -0.2) is 0 Å². The number of carbonyl (C=O) groups excluding carboxylic acids is 1. The second kappa shape index (κ2) is 12.0. The van der Waals surface area contributed by atoms with E-state index in [-0.39, 0.29) is 22.1 Å². The summed E-state index contributed by atoms with van der Waals surface area (Å²) in [6, 6.07) is 20.8. The number of nitrogens with one attached hydrogen (secondary N) is 1. The minimum atomic E-state index is -2.69. The van der Waals surface area contributed by atoms with Crippen LogP contribution in [0.1, 0.15) is 31.3 Å². The van der Waals surface area contributed by atoms with Crippen LogP contribution in [0.25, 0.3) is 0 Å². The van der Waals surface area contributed by atoms with Crippen LogP contribution in [0.15, 0.2) is 70.4 Å². The average molecular weight is 637 g/mol. The predicted octanol–water partition coefficient (Wildman–Crippen LogP) is 4.03. The number of ether oxygens (including phenoxy) is 1. The van der Waals surface area contributed by atoms with Gasteiger partial charge in [0.15, 0.2) is 5.75 Å². The van der Waals surface area contributed by atoms with E-state index >= 15 is 0 Å². The van der Waals surface area contributed by atoms with Crippen LogP contribution < -0.4 is 25.9 Å². The van der Waals surface area contributed by atoms with E-state index in [1.165, 1.54) is 29.2 Å². The number of hydrogen-bond donors (Lipinski definition) is 1. The highest BCUT2D eigenvalue weighted by Crippen LogP contribution is 2.36. The van der Waals surface area contributed by atoms with Gasteiger partial charge in [0.25, 0.3) is 14.2 Å². The van der Waals surface area contributed by atoms with E-state index in [2.05, 4.69) is 50.4 Å². The molecule has 1 amide bonds. The van der Waals surface area contributed by atoms with E-state index in [4.69, 9.17) is 9.16 Å². The van der Waals surface area contributed by atoms with E-state index < -0.39 is 8.32 Å². The number of aromatic nitrogens is 1. The molecule has 0 aliphatic carbocycles. The maximum absolute atomic E-state index is 13.2. The summed E-state index contributed by atoms with van der Waals surface area (Å²) >= 11 is 3.27. The van der Waals surface area contributed by atoms with Crippen LogP contribution in [-0.2, 0) is 11.5 Å². The normalized spacial score (nSPS) is 11.9. The highest BCUT2D eigenvalue weighted by Gasteiger charge is 2.50. The first-order valence-corrected chi connectivity index (χ1v) is 15.8. The number of hydrogen-bond acceptors (Lipinski definition) is 5. The first kappa shape index (κ1) is 28.5. The van der Waals surface area contributed by atoms with Crippen molar-refractivity contribution in [1.29, 1.82) is 0 Å². The maximum Gasteiger partial charge on any atom is 0.269 e. The van der Waals surface area contributed by atoms with Gasteiger partial charge in [-0.05, 0) is 44.3 Å². The Bertz CT molecular complexity index is 1220. The number of amides is 1. The van der Waals surface area contributed by atoms with E-state index in [0.29, 0.717) is 27.4 Å². The third-order valence-corrected chi connectivity index (χ3v) is 13.2. The summed E-state index contributed by atoms with van der Waals surface area (Å²) in [4.78, 5) is 26.5. The summed E-state index contributed by atoms with van der Waals surface area (Å²) in [6.45, 7) is 7.32. The van der Waals surface area contributed by atoms with Crippen LogP contribution >= 0.6 is 34.4 Å². The molecule has 3 rings (SSSR count). The highest BCUT2D eigenvalue weighted by molar-refractivity contribution is 14.1. The van der Waals surface area contributed by atoms with Gasteiger partial charge in [-0.1, -0.05) is 81.4 Å². The van der Waals surface area contributed by atoms with Crippen LogP contribution in [0.4, 0.5) is 0 Å². The number of benzene rings is 2. The van der Waals surface area contributed by atoms with Crippen LogP contribution in [0.2, 0.25) is 5.04 Å². The largest absolute Gasteiger partial charge is 0.490 e. The molecule has 9 heteroatoms. The Kier molecular flexibility index (Phi) is 9.48. The molecule has 1 aromatic heterocycles. The zero-order valence-corrected chi connectivity index (χ0v) is 25.5. The van der Waals surface area contributed by atoms with Gasteiger partial charge in [-0.2, -0.15) is 0 Å². The van der Waals surface area contributed by atoms with Gasteiger partial charge in [0.05, 0.1) is 18.6 Å². The molecule has 192 valence electrons. The van der Waals surface area contributed by atoms with E-state index in [0.717, 1.165) is 0 Å². The second-order valence-electron chi connectivity index (χ2n) is 9.36. The van der Waals surface area contributed by atoms with Crippen LogP contribution in [0.3, 0.4) is 0 Å². The summed E-state index contributed by atoms with van der Waals surface area (Å²) in [5, 5.41) is 5.20. The lowest BCUT2D eigenvalue weighted by atomic mass is 10.2. The molecule has 0 fully saturated rings. The zero-order chi connectivity index (χ0) is 26.5. The van der Waals surface area contributed by atoms with Crippen molar-refractivity contribution in [3.05, 3.63) is 80.3 Å². The number of methoxy groups -OCH3 is 1. The number of nitrogens with zero attached hydrogens (tertiary/aromatic N) is 1. The molecule has 2 aromatic carbocycles. The Hall–Kier alpha value is -2.08. The molecule has 0 radical (unpaired) electrons. The highest BCUT2D eigenvalue weighted by atomic mass is 127. The van der Waals surface area contributed by atoms with Gasteiger partial charge in [-0.3, -0.25) is 9.59 Å². The SMILES string of the molecule is COc1c(I)n(C)c(C(=O)NCCO[Si](c2ccccc2)(c2ccccc2)C(C)(C)C)c(SC)c1=O. The summed E-state index contributed by atoms with van der Waals surface area (Å²) < 4.78 is 14.4. The summed E-state index contributed by atoms with van der Waals surface area (Å²) in [6.07, 6.45) is 1.78. The van der Waals surface area contributed by atoms with E-state index in [9.17, 15) is 9.59 Å². The molecule has 1 heterocycles. The molecule has 0 atom stereocenters. The summed E-state index contributed by atoms with van der Waals surface area (Å²) in [5.41, 5.74) is 0.0457. The maximum atomic E-state index is 13.2. The second-order valence-corrected chi connectivity index (χ2v) is 15.5. The first-order valence-electron chi connectivity index (χ1n) is 11.6. The number of rotatable bonds is 9. The van der Waals surface area contributed by atoms with Gasteiger partial charge in [0, 0.05) is 13.6 Å². The number of halogens is 1. The third-order valence-electron chi connectivity index (χ3n) is 6.19. The van der Waals surface area contributed by atoms with Gasteiger partial charge < -0.3 is 19.0 Å². The summed E-state index contributed by atoms with van der Waals surface area (Å²) in [7, 11) is 0.536. The fourth-order valence-electron chi connectivity index (χ4n) is 4.54. The Balaban J connectivity index is 1.89. The van der Waals surface area contributed by atoms with Crippen molar-refractivity contribution in [2.45, 2.75) is 30.7 Å². The first-order chi connectivity index (χ1) is 17.1. The van der Waals surface area contributed by atoms with Crippen LogP contribution in [0.5, 0.6) is 5.75 Å². The lowest BCUT2D eigenvalue weighted by Gasteiger charge is -2.43. The van der Waals surface area contributed by atoms with Gasteiger partial charge in [0.1, 0.15) is 9.39 Å². The van der Waals surface area contributed by atoms with Crippen molar-refractivity contribution in [3.8, 4) is 5.75 Å². The molecule has 0 unspecified atom stereocenters. The predicted molar refractivity (Wildman–Crippen MR) is 159 cm³/mol. The van der Waals surface area contributed by atoms with Crippen molar-refractivity contribution in [2.24, 2.45) is 7.05 Å². The molecular formula is C27H33IN2O4SSi. The molecule has 0 aliphatic heterocycles. The minimum Gasteiger partial charge on any atom is -0.490 e. The quantitative estimate of drug-likeness (QED) is 0.126. The topological polar surface area (TPSA) is 69.6 Å². The molecule has 1 N–H and O–H groups in total. The number of carbonyl (C=O) groups is 1. The molecule has 0 saturated carbocycles. The average Bonchev–Trinajstić information content (AvgIpc) is 2.86. The Morgan fingerprint density at radius 1 is 1.06 bits per heavy atom. The summed E-state index contributed by atoms with van der Waals surface area (Å²) in [5.74, 6) is -0.0698. The molecule has 0 saturated heterocycles. The molecule has 0 spiro atoms. The molecule has 36 heavy (non-hydrogen) atoms. The van der Waals surface area contributed by atoms with Crippen molar-refractivity contribution in [3.63, 3.8) is 0 Å². The standard InChI is InChI=1S/C27H33IN2O4SSi/c1-27(2,3)36(19-13-9-7-10-14-19,20-15-11-8-12-16-20)34-18-17-29-26(32)21-24(35-6)22(31)23(33-5)25(28)30(21)4/h7-16H,17-18H2,1-6H3,(H,29,32).